The summed E-state index contributed by atoms with van der Waals surface area (Å²) < 4.78 is 8.70. The Kier molecular flexibility index (Phi) is 3.88. The second-order valence-corrected chi connectivity index (χ2v) is 5.27. The van der Waals surface area contributed by atoms with E-state index >= 15 is 0 Å². The van der Waals surface area contributed by atoms with Gasteiger partial charge in [-0.25, -0.2) is 4.68 Å². The highest BCUT2D eigenvalue weighted by atomic mass is 16.5. The SMILES string of the molecule is COc1ccccc1-n1c(=O)c(N)c(CC(C)C)n1C. The van der Waals surface area contributed by atoms with E-state index < -0.39 is 0 Å². The third-order valence-electron chi connectivity index (χ3n) is 3.34. The van der Waals surface area contributed by atoms with Crippen molar-refractivity contribution in [3.05, 3.63) is 40.3 Å². The van der Waals surface area contributed by atoms with Crippen molar-refractivity contribution in [2.24, 2.45) is 13.0 Å². The number of anilines is 1. The normalized spacial score (nSPS) is 11.1. The molecule has 1 aromatic heterocycles. The van der Waals surface area contributed by atoms with Gasteiger partial charge in [0, 0.05) is 7.05 Å². The number of nitrogens with two attached hydrogens (primary N) is 1. The minimum Gasteiger partial charge on any atom is -0.494 e. The van der Waals surface area contributed by atoms with Gasteiger partial charge in [-0.15, -0.1) is 0 Å². The van der Waals surface area contributed by atoms with Crippen LogP contribution in [0, 0.1) is 5.92 Å². The molecular formula is C15H21N3O2. The monoisotopic (exact) mass is 275 g/mol. The van der Waals surface area contributed by atoms with Gasteiger partial charge in [-0.2, -0.15) is 0 Å². The van der Waals surface area contributed by atoms with Gasteiger partial charge in [0.1, 0.15) is 17.1 Å². The van der Waals surface area contributed by atoms with Gasteiger partial charge in [0.05, 0.1) is 12.8 Å². The van der Waals surface area contributed by atoms with Crippen molar-refractivity contribution in [3.63, 3.8) is 0 Å². The molecular weight excluding hydrogens is 254 g/mol. The molecule has 0 aliphatic carbocycles. The number of methoxy groups -OCH3 is 1. The number of aromatic nitrogens is 2. The number of hydrogen-bond acceptors (Lipinski definition) is 3. The summed E-state index contributed by atoms with van der Waals surface area (Å²) in [7, 11) is 3.44. The van der Waals surface area contributed by atoms with Gasteiger partial charge < -0.3 is 10.5 Å². The molecule has 0 bridgehead atoms. The molecule has 0 saturated heterocycles. The fourth-order valence-corrected chi connectivity index (χ4v) is 2.37. The summed E-state index contributed by atoms with van der Waals surface area (Å²) in [5.41, 5.74) is 7.65. The lowest BCUT2D eigenvalue weighted by atomic mass is 10.1. The van der Waals surface area contributed by atoms with Crippen LogP contribution in [0.25, 0.3) is 5.69 Å². The molecule has 0 amide bonds. The summed E-state index contributed by atoms with van der Waals surface area (Å²) in [5.74, 6) is 1.07. The molecule has 0 aliphatic rings. The molecule has 5 nitrogen and oxygen atoms in total. The highest BCUT2D eigenvalue weighted by molar-refractivity contribution is 5.51. The maximum atomic E-state index is 12.4. The van der Waals surface area contributed by atoms with Gasteiger partial charge in [-0.3, -0.25) is 9.48 Å². The Hall–Kier alpha value is -2.17. The third kappa shape index (κ3) is 2.31. The minimum atomic E-state index is -0.201. The van der Waals surface area contributed by atoms with Crippen molar-refractivity contribution in [3.8, 4) is 11.4 Å². The molecule has 2 aromatic rings. The van der Waals surface area contributed by atoms with Gasteiger partial charge >= 0.3 is 0 Å². The van der Waals surface area contributed by atoms with Crippen LogP contribution in [0.1, 0.15) is 19.5 Å². The molecule has 0 atom stereocenters. The van der Waals surface area contributed by atoms with Crippen LogP contribution in [-0.2, 0) is 13.5 Å². The molecule has 2 rings (SSSR count). The molecule has 1 heterocycles. The number of para-hydroxylation sites is 2. The van der Waals surface area contributed by atoms with E-state index in [1.54, 1.807) is 11.8 Å². The molecule has 0 radical (unpaired) electrons. The molecule has 2 N–H and O–H groups in total. The summed E-state index contributed by atoms with van der Waals surface area (Å²) >= 11 is 0. The number of nitrogens with zero attached hydrogens (tertiary/aromatic N) is 2. The molecule has 5 heteroatoms. The molecule has 108 valence electrons. The van der Waals surface area contributed by atoms with Gasteiger partial charge in [0.2, 0.25) is 0 Å². The number of nitrogen functional groups attached to an aromatic ring is 1. The van der Waals surface area contributed by atoms with Crippen molar-refractivity contribution < 1.29 is 4.74 Å². The van der Waals surface area contributed by atoms with Crippen LogP contribution < -0.4 is 16.0 Å². The van der Waals surface area contributed by atoms with E-state index in [1.165, 1.54) is 0 Å². The van der Waals surface area contributed by atoms with Gasteiger partial charge in [0.15, 0.2) is 0 Å². The lowest BCUT2D eigenvalue weighted by molar-refractivity contribution is 0.408. The van der Waals surface area contributed by atoms with Crippen LogP contribution in [-0.4, -0.2) is 16.5 Å². The van der Waals surface area contributed by atoms with Crippen LogP contribution in [0.5, 0.6) is 5.75 Å². The Morgan fingerprint density at radius 3 is 2.55 bits per heavy atom. The standard InChI is InChI=1S/C15H21N3O2/c1-10(2)9-12-14(16)15(19)18(17(12)3)11-7-5-6-8-13(11)20-4/h5-8,10H,9,16H2,1-4H3. The van der Waals surface area contributed by atoms with Gasteiger partial charge in [0.25, 0.3) is 5.56 Å². The molecule has 1 aromatic carbocycles. The third-order valence-corrected chi connectivity index (χ3v) is 3.34. The lowest BCUT2D eigenvalue weighted by Gasteiger charge is -2.13. The molecule has 0 spiro atoms. The first-order valence-electron chi connectivity index (χ1n) is 6.67. The van der Waals surface area contributed by atoms with E-state index in [2.05, 4.69) is 13.8 Å². The maximum absolute atomic E-state index is 12.4. The second-order valence-electron chi connectivity index (χ2n) is 5.27. The highest BCUT2D eigenvalue weighted by Crippen LogP contribution is 2.23. The summed E-state index contributed by atoms with van der Waals surface area (Å²) in [6.07, 6.45) is 0.764. The van der Waals surface area contributed by atoms with Crippen LogP contribution in [0.3, 0.4) is 0 Å². The number of benzene rings is 1. The molecule has 0 saturated carbocycles. The number of hydrogen-bond donors (Lipinski definition) is 1. The number of rotatable bonds is 4. The fourth-order valence-electron chi connectivity index (χ4n) is 2.37. The predicted molar refractivity (Wildman–Crippen MR) is 80.5 cm³/mol. The van der Waals surface area contributed by atoms with Crippen molar-refractivity contribution in [1.29, 1.82) is 0 Å². The van der Waals surface area contributed by atoms with Crippen LogP contribution in [0.15, 0.2) is 29.1 Å². The second kappa shape index (κ2) is 5.45. The Morgan fingerprint density at radius 2 is 1.95 bits per heavy atom. The first-order chi connectivity index (χ1) is 9.47. The molecule has 0 aliphatic heterocycles. The smallest absolute Gasteiger partial charge is 0.294 e. The molecule has 0 fully saturated rings. The van der Waals surface area contributed by atoms with E-state index in [1.807, 2.05) is 36.0 Å². The van der Waals surface area contributed by atoms with Crippen molar-refractivity contribution in [2.75, 3.05) is 12.8 Å². The largest absolute Gasteiger partial charge is 0.494 e. The van der Waals surface area contributed by atoms with Crippen molar-refractivity contribution in [1.82, 2.24) is 9.36 Å². The number of ether oxygens (including phenoxy) is 1. The Balaban J connectivity index is 2.67. The van der Waals surface area contributed by atoms with Gasteiger partial charge in [-0.05, 0) is 24.5 Å². The zero-order valence-corrected chi connectivity index (χ0v) is 12.4. The predicted octanol–water partition coefficient (Wildman–Crippen LogP) is 1.97. The minimum absolute atomic E-state index is 0.201. The van der Waals surface area contributed by atoms with E-state index in [0.717, 1.165) is 12.1 Å². The first-order valence-corrected chi connectivity index (χ1v) is 6.67. The Morgan fingerprint density at radius 1 is 1.30 bits per heavy atom. The highest BCUT2D eigenvalue weighted by Gasteiger charge is 2.19. The Labute approximate surface area is 118 Å². The lowest BCUT2D eigenvalue weighted by Crippen LogP contribution is -2.21. The van der Waals surface area contributed by atoms with Crippen molar-refractivity contribution >= 4 is 5.69 Å². The average Bonchev–Trinajstić information content (AvgIpc) is 2.62. The summed E-state index contributed by atoms with van der Waals surface area (Å²) in [5, 5.41) is 0. The summed E-state index contributed by atoms with van der Waals surface area (Å²) in [6.45, 7) is 4.20. The van der Waals surface area contributed by atoms with Crippen LogP contribution in [0.4, 0.5) is 5.69 Å². The quantitative estimate of drug-likeness (QED) is 0.928. The summed E-state index contributed by atoms with van der Waals surface area (Å²) in [4.78, 5) is 12.4. The average molecular weight is 275 g/mol. The van der Waals surface area contributed by atoms with E-state index in [-0.39, 0.29) is 5.56 Å². The van der Waals surface area contributed by atoms with E-state index in [4.69, 9.17) is 10.5 Å². The van der Waals surface area contributed by atoms with Crippen LogP contribution in [0.2, 0.25) is 0 Å². The van der Waals surface area contributed by atoms with Gasteiger partial charge in [-0.1, -0.05) is 26.0 Å². The zero-order chi connectivity index (χ0) is 14.9. The van der Waals surface area contributed by atoms with E-state index in [0.29, 0.717) is 23.0 Å². The summed E-state index contributed by atoms with van der Waals surface area (Å²) in [6, 6.07) is 7.41. The molecule has 20 heavy (non-hydrogen) atoms. The fraction of sp³-hybridized carbons (Fsp3) is 0.400. The van der Waals surface area contributed by atoms with Crippen LogP contribution >= 0.6 is 0 Å². The first kappa shape index (κ1) is 14.2. The Bertz CT molecular complexity index is 668. The van der Waals surface area contributed by atoms with E-state index in [9.17, 15) is 4.79 Å². The topological polar surface area (TPSA) is 62.2 Å². The maximum Gasteiger partial charge on any atom is 0.294 e. The molecule has 0 unspecified atom stereocenters. The van der Waals surface area contributed by atoms with Crippen molar-refractivity contribution in [2.45, 2.75) is 20.3 Å². The zero-order valence-electron chi connectivity index (χ0n) is 12.4.